The molecule has 166 valence electrons. The molecular formula is C26H35N3O2. The highest BCUT2D eigenvalue weighted by Crippen LogP contribution is 2.29. The van der Waals surface area contributed by atoms with Gasteiger partial charge in [-0.25, -0.2) is 0 Å². The summed E-state index contributed by atoms with van der Waals surface area (Å²) in [7, 11) is 0. The van der Waals surface area contributed by atoms with Gasteiger partial charge in [0.1, 0.15) is 5.75 Å². The zero-order valence-corrected chi connectivity index (χ0v) is 18.7. The molecule has 2 aromatic carbocycles. The third kappa shape index (κ3) is 5.59. The molecule has 0 radical (unpaired) electrons. The molecule has 31 heavy (non-hydrogen) atoms. The van der Waals surface area contributed by atoms with E-state index in [2.05, 4.69) is 57.2 Å². The van der Waals surface area contributed by atoms with Gasteiger partial charge in [-0.3, -0.25) is 9.69 Å². The average Bonchev–Trinajstić information content (AvgIpc) is 2.84. The Morgan fingerprint density at radius 1 is 0.903 bits per heavy atom. The monoisotopic (exact) mass is 421 g/mol. The van der Waals surface area contributed by atoms with Crippen molar-refractivity contribution >= 4 is 11.6 Å². The maximum absolute atomic E-state index is 12.8. The molecule has 2 aliphatic heterocycles. The number of likely N-dealkylation sites (tertiary alicyclic amines) is 1. The van der Waals surface area contributed by atoms with E-state index in [9.17, 15) is 4.79 Å². The number of amides is 1. The van der Waals surface area contributed by atoms with Crippen molar-refractivity contribution in [2.75, 3.05) is 57.3 Å². The quantitative estimate of drug-likeness (QED) is 0.677. The van der Waals surface area contributed by atoms with Crippen molar-refractivity contribution in [2.24, 2.45) is 0 Å². The number of rotatable bonds is 7. The summed E-state index contributed by atoms with van der Waals surface area (Å²) in [6, 6.07) is 19.0. The van der Waals surface area contributed by atoms with Crippen molar-refractivity contribution in [3.63, 3.8) is 0 Å². The van der Waals surface area contributed by atoms with E-state index < -0.39 is 0 Å². The molecule has 5 nitrogen and oxygen atoms in total. The van der Waals surface area contributed by atoms with Crippen LogP contribution in [0.1, 0.15) is 37.7 Å². The van der Waals surface area contributed by atoms with Crippen LogP contribution in [0.3, 0.4) is 0 Å². The second-order valence-electron chi connectivity index (χ2n) is 8.55. The first-order valence-electron chi connectivity index (χ1n) is 11.8. The number of hydrogen-bond donors (Lipinski definition) is 0. The minimum atomic E-state index is 0.315. The summed E-state index contributed by atoms with van der Waals surface area (Å²) in [5.41, 5.74) is 2.60. The van der Waals surface area contributed by atoms with Gasteiger partial charge in [-0.05, 0) is 43.4 Å². The fourth-order valence-corrected chi connectivity index (χ4v) is 4.81. The zero-order valence-electron chi connectivity index (χ0n) is 18.7. The molecule has 4 rings (SSSR count). The lowest BCUT2D eigenvalue weighted by Crippen LogP contribution is -2.47. The van der Waals surface area contributed by atoms with Crippen molar-refractivity contribution in [2.45, 2.75) is 32.1 Å². The fourth-order valence-electron chi connectivity index (χ4n) is 4.81. The second kappa shape index (κ2) is 10.7. The van der Waals surface area contributed by atoms with E-state index in [1.165, 1.54) is 11.3 Å². The molecule has 5 heteroatoms. The summed E-state index contributed by atoms with van der Waals surface area (Å²) in [6.07, 6.45) is 2.78. The largest absolute Gasteiger partial charge is 0.492 e. The van der Waals surface area contributed by atoms with E-state index >= 15 is 0 Å². The summed E-state index contributed by atoms with van der Waals surface area (Å²) < 4.78 is 5.79. The second-order valence-corrected chi connectivity index (χ2v) is 8.55. The molecule has 0 aliphatic carbocycles. The molecule has 2 saturated heterocycles. The first-order chi connectivity index (χ1) is 15.2. The SMILES string of the molecule is CCOc1ccccc1N1CCN(CCC(=O)N2CCC(c3ccccc3)CC2)CC1. The number of ether oxygens (including phenoxy) is 1. The maximum atomic E-state index is 12.8. The number of nitrogens with zero attached hydrogens (tertiary/aromatic N) is 3. The first kappa shape index (κ1) is 21.7. The molecule has 0 atom stereocenters. The summed E-state index contributed by atoms with van der Waals surface area (Å²) in [5.74, 6) is 1.88. The number of hydrogen-bond acceptors (Lipinski definition) is 4. The van der Waals surface area contributed by atoms with Gasteiger partial charge in [0.05, 0.1) is 12.3 Å². The number of piperazine rings is 1. The van der Waals surface area contributed by atoms with Gasteiger partial charge in [0.25, 0.3) is 0 Å². The van der Waals surface area contributed by atoms with Gasteiger partial charge in [0.2, 0.25) is 5.91 Å². The molecule has 0 N–H and O–H groups in total. The van der Waals surface area contributed by atoms with Crippen molar-refractivity contribution in [3.05, 3.63) is 60.2 Å². The topological polar surface area (TPSA) is 36.0 Å². The van der Waals surface area contributed by atoms with Crippen molar-refractivity contribution in [1.29, 1.82) is 0 Å². The number of carbonyl (C=O) groups excluding carboxylic acids is 1. The van der Waals surface area contributed by atoms with Gasteiger partial charge in [-0.2, -0.15) is 0 Å². The van der Waals surface area contributed by atoms with Crippen LogP contribution in [-0.4, -0.2) is 68.1 Å². The van der Waals surface area contributed by atoms with E-state index in [4.69, 9.17) is 4.74 Å². The Kier molecular flexibility index (Phi) is 7.47. The Balaban J connectivity index is 1.19. The van der Waals surface area contributed by atoms with E-state index in [0.29, 0.717) is 24.9 Å². The Hall–Kier alpha value is -2.53. The van der Waals surface area contributed by atoms with E-state index in [1.807, 2.05) is 19.1 Å². The molecule has 0 bridgehead atoms. The lowest BCUT2D eigenvalue weighted by atomic mass is 9.89. The lowest BCUT2D eigenvalue weighted by molar-refractivity contribution is -0.132. The minimum absolute atomic E-state index is 0.315. The Labute approximate surface area is 186 Å². The van der Waals surface area contributed by atoms with Gasteiger partial charge >= 0.3 is 0 Å². The molecular weight excluding hydrogens is 386 g/mol. The van der Waals surface area contributed by atoms with Crippen LogP contribution in [0.15, 0.2) is 54.6 Å². The number of para-hydroxylation sites is 2. The van der Waals surface area contributed by atoms with E-state index in [0.717, 1.165) is 64.4 Å². The average molecular weight is 422 g/mol. The van der Waals surface area contributed by atoms with Gasteiger partial charge in [0, 0.05) is 52.2 Å². The van der Waals surface area contributed by atoms with Gasteiger partial charge < -0.3 is 14.5 Å². The Morgan fingerprint density at radius 2 is 1.58 bits per heavy atom. The molecule has 2 aliphatic rings. The first-order valence-corrected chi connectivity index (χ1v) is 11.8. The molecule has 2 aromatic rings. The van der Waals surface area contributed by atoms with Gasteiger partial charge in [-0.1, -0.05) is 42.5 Å². The number of benzene rings is 2. The van der Waals surface area contributed by atoms with Crippen molar-refractivity contribution in [1.82, 2.24) is 9.80 Å². The smallest absolute Gasteiger partial charge is 0.223 e. The summed E-state index contributed by atoms with van der Waals surface area (Å²) >= 11 is 0. The summed E-state index contributed by atoms with van der Waals surface area (Å²) in [4.78, 5) is 19.7. The zero-order chi connectivity index (χ0) is 21.5. The van der Waals surface area contributed by atoms with Gasteiger partial charge in [0.15, 0.2) is 0 Å². The van der Waals surface area contributed by atoms with E-state index in [-0.39, 0.29) is 0 Å². The minimum Gasteiger partial charge on any atom is -0.492 e. The molecule has 0 unspecified atom stereocenters. The highest BCUT2D eigenvalue weighted by Gasteiger charge is 2.25. The maximum Gasteiger partial charge on any atom is 0.223 e. The normalized spacial score (nSPS) is 18.2. The number of anilines is 1. The molecule has 2 heterocycles. The molecule has 0 spiro atoms. The summed E-state index contributed by atoms with van der Waals surface area (Å²) in [5, 5.41) is 0. The van der Waals surface area contributed by atoms with Crippen LogP contribution in [0.25, 0.3) is 0 Å². The van der Waals surface area contributed by atoms with E-state index in [1.54, 1.807) is 0 Å². The predicted molar refractivity (Wildman–Crippen MR) is 126 cm³/mol. The molecule has 0 aromatic heterocycles. The highest BCUT2D eigenvalue weighted by atomic mass is 16.5. The van der Waals surface area contributed by atoms with Crippen molar-refractivity contribution in [3.8, 4) is 5.75 Å². The highest BCUT2D eigenvalue weighted by molar-refractivity contribution is 5.76. The summed E-state index contributed by atoms with van der Waals surface area (Å²) in [6.45, 7) is 9.27. The van der Waals surface area contributed by atoms with Crippen LogP contribution in [0, 0.1) is 0 Å². The lowest BCUT2D eigenvalue weighted by Gasteiger charge is -2.37. The molecule has 2 fully saturated rings. The Bertz CT molecular complexity index is 826. The molecule has 1 amide bonds. The Morgan fingerprint density at radius 3 is 2.29 bits per heavy atom. The third-order valence-electron chi connectivity index (χ3n) is 6.64. The third-order valence-corrected chi connectivity index (χ3v) is 6.64. The van der Waals surface area contributed by atoms with Crippen LogP contribution in [-0.2, 0) is 4.79 Å². The standard InChI is InChI=1S/C26H35N3O2/c1-2-31-25-11-7-6-10-24(25)28-20-18-27(19-21-28)15-14-26(30)29-16-12-23(13-17-29)22-8-4-3-5-9-22/h3-11,23H,2,12-21H2,1H3. The van der Waals surface area contributed by atoms with Crippen LogP contribution >= 0.6 is 0 Å². The van der Waals surface area contributed by atoms with Crippen LogP contribution in [0.4, 0.5) is 5.69 Å². The fraction of sp³-hybridized carbons (Fsp3) is 0.500. The van der Waals surface area contributed by atoms with Crippen LogP contribution in [0.2, 0.25) is 0 Å². The van der Waals surface area contributed by atoms with Gasteiger partial charge in [-0.15, -0.1) is 0 Å². The number of carbonyl (C=O) groups is 1. The molecule has 0 saturated carbocycles. The van der Waals surface area contributed by atoms with Crippen LogP contribution < -0.4 is 9.64 Å². The number of piperidine rings is 1. The van der Waals surface area contributed by atoms with Crippen molar-refractivity contribution < 1.29 is 9.53 Å². The van der Waals surface area contributed by atoms with Crippen LogP contribution in [0.5, 0.6) is 5.75 Å². The predicted octanol–water partition coefficient (Wildman–Crippen LogP) is 4.00.